The van der Waals surface area contributed by atoms with Crippen LogP contribution in [0.15, 0.2) is 42.6 Å². The van der Waals surface area contributed by atoms with Gasteiger partial charge in [0.1, 0.15) is 17.2 Å². The van der Waals surface area contributed by atoms with Gasteiger partial charge in [-0.3, -0.25) is 9.78 Å². The molecule has 0 radical (unpaired) electrons. The maximum Gasteiger partial charge on any atom is 0.252 e. The quantitative estimate of drug-likeness (QED) is 0.451. The van der Waals surface area contributed by atoms with Crippen molar-refractivity contribution in [2.45, 2.75) is 32.2 Å². The lowest BCUT2D eigenvalue weighted by Crippen LogP contribution is -2.37. The Kier molecular flexibility index (Phi) is 6.41. The summed E-state index contributed by atoms with van der Waals surface area (Å²) >= 11 is 5.33. The van der Waals surface area contributed by atoms with Crippen molar-refractivity contribution in [1.29, 1.82) is 0 Å². The maximum absolute atomic E-state index is 11.8. The number of nitrogens with zero attached hydrogens (tertiary/aromatic N) is 1. The van der Waals surface area contributed by atoms with Crippen LogP contribution in [0.25, 0.3) is 10.9 Å². The Labute approximate surface area is 192 Å². The van der Waals surface area contributed by atoms with E-state index < -0.39 is 5.91 Å². The number of aryl methyl sites for hydroxylation is 1. The fourth-order valence-corrected chi connectivity index (χ4v) is 3.75. The fraction of sp³-hybridized carbons (Fsp3) is 0.292. The number of carbonyl (C=O) groups is 1. The molecule has 0 saturated heterocycles. The molecule has 0 aliphatic heterocycles. The molecule has 8 heteroatoms. The largest absolute Gasteiger partial charge is 0.496 e. The molecule has 1 fully saturated rings. The van der Waals surface area contributed by atoms with Crippen LogP contribution in [0.4, 0.5) is 0 Å². The first kappa shape index (κ1) is 21.8. The average molecular weight is 451 g/mol. The molecular formula is C24H26N4O3S. The maximum atomic E-state index is 11.8. The van der Waals surface area contributed by atoms with Crippen LogP contribution in [-0.2, 0) is 6.42 Å². The molecule has 32 heavy (non-hydrogen) atoms. The van der Waals surface area contributed by atoms with Crippen LogP contribution in [-0.4, -0.2) is 35.7 Å². The van der Waals surface area contributed by atoms with Crippen molar-refractivity contribution in [3.8, 4) is 17.2 Å². The highest BCUT2D eigenvalue weighted by Gasteiger charge is 2.21. The zero-order chi connectivity index (χ0) is 22.7. The molecule has 4 N–H and O–H groups in total. The van der Waals surface area contributed by atoms with Crippen LogP contribution in [0.3, 0.4) is 0 Å². The summed E-state index contributed by atoms with van der Waals surface area (Å²) in [6.45, 7) is 2.82. The van der Waals surface area contributed by atoms with Gasteiger partial charge in [0.15, 0.2) is 5.11 Å². The molecule has 4 rings (SSSR count). The third-order valence-corrected chi connectivity index (χ3v) is 5.69. The molecule has 0 bridgehead atoms. The molecule has 1 heterocycles. The summed E-state index contributed by atoms with van der Waals surface area (Å²) in [7, 11) is 1.49. The molecule has 1 aliphatic rings. The van der Waals surface area contributed by atoms with Crippen molar-refractivity contribution in [1.82, 2.24) is 15.6 Å². The Morgan fingerprint density at radius 3 is 2.75 bits per heavy atom. The summed E-state index contributed by atoms with van der Waals surface area (Å²) in [5.74, 6) is 1.10. The zero-order valence-corrected chi connectivity index (χ0v) is 18.9. The van der Waals surface area contributed by atoms with Crippen molar-refractivity contribution in [2.75, 3.05) is 13.7 Å². The molecule has 0 spiro atoms. The number of ether oxygens (including phenoxy) is 2. The van der Waals surface area contributed by atoms with Gasteiger partial charge >= 0.3 is 0 Å². The van der Waals surface area contributed by atoms with E-state index in [4.69, 9.17) is 27.4 Å². The van der Waals surface area contributed by atoms with E-state index in [-0.39, 0.29) is 5.56 Å². The molecule has 2 aromatic carbocycles. The third kappa shape index (κ3) is 5.08. The number of aromatic nitrogens is 1. The van der Waals surface area contributed by atoms with Crippen LogP contribution in [0.2, 0.25) is 0 Å². The molecule has 1 aliphatic carbocycles. The minimum atomic E-state index is -0.572. The number of rotatable bonds is 8. The summed E-state index contributed by atoms with van der Waals surface area (Å²) in [6, 6.07) is 11.6. The monoisotopic (exact) mass is 450 g/mol. The molecule has 166 valence electrons. The van der Waals surface area contributed by atoms with Gasteiger partial charge in [-0.1, -0.05) is 6.07 Å². The number of hydrogen-bond acceptors (Lipinski definition) is 5. The lowest BCUT2D eigenvalue weighted by atomic mass is 10.1. The smallest absolute Gasteiger partial charge is 0.252 e. The van der Waals surface area contributed by atoms with Crippen molar-refractivity contribution < 1.29 is 14.3 Å². The predicted octanol–water partition coefficient (Wildman–Crippen LogP) is 3.61. The number of fused-ring (bicyclic) bond motifs is 1. The van der Waals surface area contributed by atoms with E-state index in [1.54, 1.807) is 24.4 Å². The van der Waals surface area contributed by atoms with Crippen LogP contribution < -0.4 is 25.8 Å². The highest BCUT2D eigenvalue weighted by molar-refractivity contribution is 7.80. The van der Waals surface area contributed by atoms with Crippen LogP contribution in [0.5, 0.6) is 17.2 Å². The van der Waals surface area contributed by atoms with Gasteiger partial charge in [0, 0.05) is 30.2 Å². The summed E-state index contributed by atoms with van der Waals surface area (Å²) in [4.78, 5) is 16.2. The Hall–Kier alpha value is -3.39. The Morgan fingerprint density at radius 2 is 2.03 bits per heavy atom. The number of pyridine rings is 1. The number of nitrogens with one attached hydrogen (secondary N) is 2. The van der Waals surface area contributed by atoms with Gasteiger partial charge in [-0.2, -0.15) is 0 Å². The standard InChI is InChI=1S/C24H26N4O3S/c1-14-3-6-17(11-15(14)7-9-27-24(32)28-16-4-5-16)31-21-8-10-26-20-13-22(30-2)19(23(25)29)12-18(20)21/h3,6,8,10-13,16H,4-5,7,9H2,1-2H3,(H2,25,29)(H2,27,28,32). The molecule has 3 aromatic rings. The predicted molar refractivity (Wildman–Crippen MR) is 129 cm³/mol. The van der Waals surface area contributed by atoms with Crippen molar-refractivity contribution in [2.24, 2.45) is 5.73 Å². The first-order chi connectivity index (χ1) is 15.4. The first-order valence-corrected chi connectivity index (χ1v) is 10.9. The minimum absolute atomic E-state index is 0.282. The molecule has 0 atom stereocenters. The van der Waals surface area contributed by atoms with Gasteiger partial charge in [0.25, 0.3) is 5.91 Å². The normalized spacial score (nSPS) is 12.9. The lowest BCUT2D eigenvalue weighted by Gasteiger charge is -2.14. The van der Waals surface area contributed by atoms with Crippen molar-refractivity contribution >= 4 is 34.1 Å². The SMILES string of the molecule is COc1cc2nccc(Oc3ccc(C)c(CCNC(=S)NC4CC4)c3)c2cc1C(N)=O. The van der Waals surface area contributed by atoms with E-state index >= 15 is 0 Å². The second-order valence-corrected chi connectivity index (χ2v) is 8.27. The summed E-state index contributed by atoms with van der Waals surface area (Å²) in [5, 5.41) is 7.94. The van der Waals surface area contributed by atoms with Gasteiger partial charge in [-0.15, -0.1) is 0 Å². The van der Waals surface area contributed by atoms with Gasteiger partial charge in [-0.05, 0) is 73.8 Å². The minimum Gasteiger partial charge on any atom is -0.496 e. The van der Waals surface area contributed by atoms with E-state index in [2.05, 4.69) is 22.5 Å². The number of amides is 1. The fourth-order valence-electron chi connectivity index (χ4n) is 3.48. The zero-order valence-electron chi connectivity index (χ0n) is 18.1. The van der Waals surface area contributed by atoms with Crippen LogP contribution in [0.1, 0.15) is 34.3 Å². The highest BCUT2D eigenvalue weighted by atomic mass is 32.1. The topological polar surface area (TPSA) is 98.5 Å². The third-order valence-electron chi connectivity index (χ3n) is 5.43. The summed E-state index contributed by atoms with van der Waals surface area (Å²) < 4.78 is 11.5. The number of carbonyl (C=O) groups excluding carboxylic acids is 1. The molecule has 7 nitrogen and oxygen atoms in total. The number of thiocarbonyl (C=S) groups is 1. The molecular weight excluding hydrogens is 424 g/mol. The van der Waals surface area contributed by atoms with E-state index in [1.807, 2.05) is 18.2 Å². The number of primary amides is 1. The van der Waals surface area contributed by atoms with Gasteiger partial charge in [0.05, 0.1) is 18.2 Å². The van der Waals surface area contributed by atoms with E-state index in [1.165, 1.54) is 31.1 Å². The van der Waals surface area contributed by atoms with Gasteiger partial charge in [-0.25, -0.2) is 0 Å². The average Bonchev–Trinajstić information content (AvgIpc) is 3.59. The van der Waals surface area contributed by atoms with Crippen molar-refractivity contribution in [3.05, 3.63) is 59.3 Å². The van der Waals surface area contributed by atoms with E-state index in [0.29, 0.717) is 39.3 Å². The van der Waals surface area contributed by atoms with Crippen molar-refractivity contribution in [3.63, 3.8) is 0 Å². The van der Waals surface area contributed by atoms with Gasteiger partial charge < -0.3 is 25.8 Å². The van der Waals surface area contributed by atoms with E-state index in [9.17, 15) is 4.79 Å². The number of nitrogens with two attached hydrogens (primary N) is 1. The first-order valence-electron chi connectivity index (χ1n) is 10.5. The Bertz CT molecular complexity index is 1180. The molecule has 1 amide bonds. The Morgan fingerprint density at radius 1 is 1.22 bits per heavy atom. The second kappa shape index (κ2) is 9.40. The van der Waals surface area contributed by atoms with Crippen LogP contribution in [0, 0.1) is 6.92 Å². The highest BCUT2D eigenvalue weighted by Crippen LogP contribution is 2.33. The Balaban J connectivity index is 1.53. The molecule has 0 unspecified atom stereocenters. The lowest BCUT2D eigenvalue weighted by molar-refractivity contribution is 0.0997. The number of benzene rings is 2. The van der Waals surface area contributed by atoms with E-state index in [0.717, 1.165) is 13.0 Å². The number of methoxy groups -OCH3 is 1. The molecule has 1 aromatic heterocycles. The second-order valence-electron chi connectivity index (χ2n) is 7.86. The summed E-state index contributed by atoms with van der Waals surface area (Å²) in [6.07, 6.45) is 4.86. The molecule has 1 saturated carbocycles. The van der Waals surface area contributed by atoms with Crippen LogP contribution >= 0.6 is 12.2 Å². The summed E-state index contributed by atoms with van der Waals surface area (Å²) in [5.41, 5.74) is 8.80. The number of hydrogen-bond donors (Lipinski definition) is 3. The van der Waals surface area contributed by atoms with Gasteiger partial charge in [0.2, 0.25) is 0 Å².